The summed E-state index contributed by atoms with van der Waals surface area (Å²) in [5, 5.41) is 2.40. The molecule has 26 heavy (non-hydrogen) atoms. The summed E-state index contributed by atoms with van der Waals surface area (Å²) in [4.78, 5) is 12.2. The molecular weight excluding hydrogens is 366 g/mol. The predicted octanol–water partition coefficient (Wildman–Crippen LogP) is 3.86. The van der Waals surface area contributed by atoms with Gasteiger partial charge in [0, 0.05) is 6.20 Å². The van der Waals surface area contributed by atoms with Crippen LogP contribution < -0.4 is 10.1 Å². The third-order valence-corrected chi connectivity index (χ3v) is 3.16. The highest BCUT2D eigenvalue weighted by Gasteiger charge is 2.47. The first-order chi connectivity index (χ1) is 11.8. The molecule has 1 unspecified atom stereocenters. The summed E-state index contributed by atoms with van der Waals surface area (Å²) in [6.07, 6.45) is 1.17. The number of ether oxygens (including phenoxy) is 2. The van der Waals surface area contributed by atoms with E-state index in [1.807, 2.05) is 20.8 Å². The van der Waals surface area contributed by atoms with Crippen molar-refractivity contribution in [3.05, 3.63) is 29.3 Å². The molecule has 1 N–H and O–H groups in total. The van der Waals surface area contributed by atoms with E-state index in [4.69, 9.17) is 21.1 Å². The molecule has 9 heteroatoms. The van der Waals surface area contributed by atoms with E-state index in [1.54, 1.807) is 20.8 Å². The zero-order chi connectivity index (χ0) is 19.8. The Hall–Kier alpha value is -1.80. The summed E-state index contributed by atoms with van der Waals surface area (Å²) in [7, 11) is 0. The van der Waals surface area contributed by atoms with Crippen molar-refractivity contribution < 1.29 is 18.3 Å². The molecule has 0 bridgehead atoms. The maximum Gasteiger partial charge on any atom is 0.307 e. The molecule has 1 atom stereocenters. The molecule has 0 spiro atoms. The van der Waals surface area contributed by atoms with Crippen molar-refractivity contribution in [2.24, 2.45) is 4.99 Å². The predicted molar refractivity (Wildman–Crippen MR) is 95.6 cm³/mol. The Morgan fingerprint density at radius 1 is 1.15 bits per heavy atom. The second kappa shape index (κ2) is 7.08. The van der Waals surface area contributed by atoms with Crippen LogP contribution in [0.3, 0.4) is 0 Å². The topological polar surface area (TPSA) is 68.6 Å². The summed E-state index contributed by atoms with van der Waals surface area (Å²) in [5.41, 5.74) is -0.973. The molecular formula is C17H23ClF2N4O2. The van der Waals surface area contributed by atoms with Gasteiger partial charge in [-0.25, -0.2) is 23.7 Å². The SMILES string of the molecule is CC(C)(C)Oc1ncncc1C1=NC(OC(C)(C)C)(C(F)F)NC(Cl)=C1. The van der Waals surface area contributed by atoms with Gasteiger partial charge in [-0.1, -0.05) is 11.6 Å². The van der Waals surface area contributed by atoms with Gasteiger partial charge >= 0.3 is 12.3 Å². The van der Waals surface area contributed by atoms with Crippen LogP contribution in [0.15, 0.2) is 28.7 Å². The summed E-state index contributed by atoms with van der Waals surface area (Å²) in [5.74, 6) is -2.11. The van der Waals surface area contributed by atoms with Gasteiger partial charge in [-0.2, -0.15) is 0 Å². The van der Waals surface area contributed by atoms with Crippen LogP contribution in [0.25, 0.3) is 0 Å². The highest BCUT2D eigenvalue weighted by Crippen LogP contribution is 2.32. The first kappa shape index (κ1) is 20.5. The first-order valence-corrected chi connectivity index (χ1v) is 8.42. The Morgan fingerprint density at radius 2 is 1.81 bits per heavy atom. The summed E-state index contributed by atoms with van der Waals surface area (Å²) < 4.78 is 39.1. The Kier molecular flexibility index (Phi) is 5.58. The van der Waals surface area contributed by atoms with Crippen LogP contribution in [0.2, 0.25) is 0 Å². The minimum atomic E-state index is -2.98. The number of hydrogen-bond acceptors (Lipinski definition) is 6. The smallest absolute Gasteiger partial charge is 0.307 e. The van der Waals surface area contributed by atoms with Gasteiger partial charge in [0.15, 0.2) is 0 Å². The van der Waals surface area contributed by atoms with Crippen molar-refractivity contribution in [2.75, 3.05) is 0 Å². The standard InChI is InChI=1S/C17H23ClF2N4O2/c1-15(2,3)25-13-10(8-21-9-22-13)11-7-12(18)24-17(23-11,14(19)20)26-16(4,5)6/h7-9,14,24H,1-6H3. The highest BCUT2D eigenvalue weighted by molar-refractivity contribution is 6.32. The van der Waals surface area contributed by atoms with E-state index in [2.05, 4.69) is 20.3 Å². The van der Waals surface area contributed by atoms with Gasteiger partial charge in [-0.05, 0) is 47.6 Å². The Morgan fingerprint density at radius 3 is 2.35 bits per heavy atom. The van der Waals surface area contributed by atoms with Crippen LogP contribution in [0.5, 0.6) is 5.88 Å². The molecule has 0 radical (unpaired) electrons. The minimum absolute atomic E-state index is 0.0369. The first-order valence-electron chi connectivity index (χ1n) is 8.04. The van der Waals surface area contributed by atoms with Crippen LogP contribution in [-0.4, -0.2) is 39.2 Å². The van der Waals surface area contributed by atoms with Crippen molar-refractivity contribution in [3.63, 3.8) is 0 Å². The molecule has 2 heterocycles. The average Bonchev–Trinajstić information content (AvgIpc) is 2.43. The highest BCUT2D eigenvalue weighted by atomic mass is 35.5. The van der Waals surface area contributed by atoms with Crippen LogP contribution in [0, 0.1) is 0 Å². The molecule has 1 aliphatic heterocycles. The van der Waals surface area contributed by atoms with Crippen molar-refractivity contribution in [2.45, 2.75) is 65.0 Å². The van der Waals surface area contributed by atoms with Crippen molar-refractivity contribution in [3.8, 4) is 5.88 Å². The summed E-state index contributed by atoms with van der Waals surface area (Å²) in [6.45, 7) is 10.5. The fourth-order valence-electron chi connectivity index (χ4n) is 2.23. The number of hydrogen-bond donors (Lipinski definition) is 1. The second-order valence-corrected chi connectivity index (χ2v) is 8.19. The number of nitrogens with one attached hydrogen (secondary N) is 1. The van der Waals surface area contributed by atoms with E-state index < -0.39 is 23.5 Å². The zero-order valence-corrected chi connectivity index (χ0v) is 16.4. The van der Waals surface area contributed by atoms with Gasteiger partial charge in [-0.15, -0.1) is 0 Å². The molecule has 1 aromatic heterocycles. The normalized spacial score (nSPS) is 21.2. The largest absolute Gasteiger partial charge is 0.471 e. The molecule has 0 amide bonds. The van der Waals surface area contributed by atoms with Crippen LogP contribution in [0.1, 0.15) is 47.1 Å². The third-order valence-electron chi connectivity index (χ3n) is 2.96. The Bertz CT molecular complexity index is 726. The maximum absolute atomic E-state index is 13.9. The van der Waals surface area contributed by atoms with Gasteiger partial charge in [0.25, 0.3) is 0 Å². The lowest BCUT2D eigenvalue weighted by molar-refractivity contribution is -0.203. The quantitative estimate of drug-likeness (QED) is 0.793. The van der Waals surface area contributed by atoms with Crippen LogP contribution in [0.4, 0.5) is 8.78 Å². The molecule has 1 aromatic rings. The maximum atomic E-state index is 13.9. The van der Waals surface area contributed by atoms with Crippen LogP contribution in [-0.2, 0) is 4.74 Å². The molecule has 0 aromatic carbocycles. The van der Waals surface area contributed by atoms with E-state index >= 15 is 0 Å². The van der Waals surface area contributed by atoms with Gasteiger partial charge in [0.2, 0.25) is 5.88 Å². The molecule has 1 aliphatic rings. The molecule has 0 fully saturated rings. The van der Waals surface area contributed by atoms with E-state index in [0.29, 0.717) is 5.56 Å². The second-order valence-electron chi connectivity index (χ2n) is 7.78. The molecule has 0 saturated carbocycles. The fourth-order valence-corrected chi connectivity index (χ4v) is 2.47. The Labute approximate surface area is 156 Å². The fraction of sp³-hybridized carbons (Fsp3) is 0.588. The monoisotopic (exact) mass is 388 g/mol. The van der Waals surface area contributed by atoms with Gasteiger partial charge in [0.1, 0.15) is 17.1 Å². The van der Waals surface area contributed by atoms with Gasteiger partial charge in [0.05, 0.1) is 16.9 Å². The van der Waals surface area contributed by atoms with E-state index in [1.165, 1.54) is 18.6 Å². The number of halogens is 3. The number of allylic oxidation sites excluding steroid dienone is 1. The average molecular weight is 389 g/mol. The molecule has 0 saturated heterocycles. The molecule has 144 valence electrons. The number of aromatic nitrogens is 2. The van der Waals surface area contributed by atoms with Gasteiger partial charge in [-0.3, -0.25) is 0 Å². The zero-order valence-electron chi connectivity index (χ0n) is 15.6. The molecule has 0 aliphatic carbocycles. The summed E-state index contributed by atoms with van der Waals surface area (Å²) in [6, 6.07) is 0. The summed E-state index contributed by atoms with van der Waals surface area (Å²) >= 11 is 6.08. The van der Waals surface area contributed by atoms with Crippen molar-refractivity contribution in [1.82, 2.24) is 15.3 Å². The lowest BCUT2D eigenvalue weighted by Gasteiger charge is -2.38. The number of nitrogens with zero attached hydrogens (tertiary/aromatic N) is 3. The number of rotatable bonds is 4. The Balaban J connectivity index is 2.56. The number of alkyl halides is 2. The lowest BCUT2D eigenvalue weighted by Crippen LogP contribution is -2.56. The van der Waals surface area contributed by atoms with E-state index in [-0.39, 0.29) is 16.7 Å². The minimum Gasteiger partial charge on any atom is -0.471 e. The van der Waals surface area contributed by atoms with E-state index in [9.17, 15) is 8.78 Å². The third kappa shape index (κ3) is 5.11. The van der Waals surface area contributed by atoms with Crippen LogP contribution >= 0.6 is 11.6 Å². The van der Waals surface area contributed by atoms with E-state index in [0.717, 1.165) is 0 Å². The van der Waals surface area contributed by atoms with Gasteiger partial charge < -0.3 is 14.8 Å². The number of aliphatic imine (C=N–C) groups is 1. The van der Waals surface area contributed by atoms with Crippen molar-refractivity contribution >= 4 is 17.3 Å². The van der Waals surface area contributed by atoms with Crippen molar-refractivity contribution in [1.29, 1.82) is 0 Å². The lowest BCUT2D eigenvalue weighted by atomic mass is 10.1. The molecule has 6 nitrogen and oxygen atoms in total. The molecule has 2 rings (SSSR count).